The Labute approximate surface area is 146 Å². The fraction of sp³-hybridized carbons (Fsp3) is 0.588. The van der Waals surface area contributed by atoms with Crippen LogP contribution < -0.4 is 10.2 Å². The van der Waals surface area contributed by atoms with Crippen molar-refractivity contribution in [2.24, 2.45) is 0 Å². The minimum absolute atomic E-state index is 0.00868. The molecule has 6 nitrogen and oxygen atoms in total. The standard InChI is InChI=1S/C17H25N5OS/c1-12(2)15-18-6-9-22(15)13(3)16(23)19-10-14-11-24-17(20-14)21-7-4-5-8-21/h6,9,11-13H,4-5,7-8,10H2,1-3H3,(H,19,23)/t13-/m0/s1. The van der Waals surface area contributed by atoms with Crippen molar-refractivity contribution in [1.29, 1.82) is 0 Å². The Morgan fingerprint density at radius 2 is 2.08 bits per heavy atom. The van der Waals surface area contributed by atoms with Crippen molar-refractivity contribution in [2.45, 2.75) is 52.1 Å². The van der Waals surface area contributed by atoms with E-state index in [1.165, 1.54) is 12.8 Å². The molecule has 1 aliphatic heterocycles. The van der Waals surface area contributed by atoms with E-state index in [1.54, 1.807) is 17.5 Å². The molecular weight excluding hydrogens is 322 g/mol. The maximum absolute atomic E-state index is 12.5. The van der Waals surface area contributed by atoms with Crippen LogP contribution in [0.4, 0.5) is 5.13 Å². The Morgan fingerprint density at radius 3 is 2.79 bits per heavy atom. The highest BCUT2D eigenvalue weighted by Gasteiger charge is 2.20. The molecule has 1 fully saturated rings. The number of hydrogen-bond donors (Lipinski definition) is 1. The van der Waals surface area contributed by atoms with Gasteiger partial charge in [-0.1, -0.05) is 13.8 Å². The number of imidazole rings is 1. The van der Waals surface area contributed by atoms with Gasteiger partial charge in [0.05, 0.1) is 12.2 Å². The second-order valence-corrected chi connectivity index (χ2v) is 7.39. The Morgan fingerprint density at radius 1 is 1.33 bits per heavy atom. The van der Waals surface area contributed by atoms with Gasteiger partial charge in [-0.15, -0.1) is 11.3 Å². The summed E-state index contributed by atoms with van der Waals surface area (Å²) in [6, 6.07) is -0.276. The molecule has 1 N–H and O–H groups in total. The van der Waals surface area contributed by atoms with E-state index in [0.717, 1.165) is 29.7 Å². The summed E-state index contributed by atoms with van der Waals surface area (Å²) in [6.45, 7) is 8.72. The molecule has 3 rings (SSSR count). The topological polar surface area (TPSA) is 63.1 Å². The van der Waals surface area contributed by atoms with Crippen LogP contribution in [0.25, 0.3) is 0 Å². The third-order valence-corrected chi connectivity index (χ3v) is 5.32. The number of aromatic nitrogens is 3. The van der Waals surface area contributed by atoms with E-state index < -0.39 is 0 Å². The van der Waals surface area contributed by atoms with E-state index in [-0.39, 0.29) is 17.9 Å². The lowest BCUT2D eigenvalue weighted by Gasteiger charge is -2.17. The molecule has 24 heavy (non-hydrogen) atoms. The smallest absolute Gasteiger partial charge is 0.243 e. The zero-order valence-corrected chi connectivity index (χ0v) is 15.3. The Kier molecular flexibility index (Phi) is 5.18. The molecular formula is C17H25N5OS. The SMILES string of the molecule is CC(C)c1nccn1[C@@H](C)C(=O)NCc1csc(N2CCCC2)n1. The first-order chi connectivity index (χ1) is 11.6. The molecule has 0 radical (unpaired) electrons. The number of thiazole rings is 1. The van der Waals surface area contributed by atoms with Crippen LogP contribution in [-0.2, 0) is 11.3 Å². The van der Waals surface area contributed by atoms with Gasteiger partial charge >= 0.3 is 0 Å². The third-order valence-electron chi connectivity index (χ3n) is 4.37. The summed E-state index contributed by atoms with van der Waals surface area (Å²) in [4.78, 5) is 23.8. The summed E-state index contributed by atoms with van der Waals surface area (Å²) in [5.74, 6) is 1.21. The van der Waals surface area contributed by atoms with Gasteiger partial charge in [0, 0.05) is 36.8 Å². The van der Waals surface area contributed by atoms with Crippen LogP contribution in [0.3, 0.4) is 0 Å². The lowest BCUT2D eigenvalue weighted by Crippen LogP contribution is -2.31. The average Bonchev–Trinajstić information content (AvgIpc) is 3.32. The van der Waals surface area contributed by atoms with Gasteiger partial charge in [-0.3, -0.25) is 4.79 Å². The summed E-state index contributed by atoms with van der Waals surface area (Å²) in [5, 5.41) is 6.10. The van der Waals surface area contributed by atoms with Crippen LogP contribution in [0, 0.1) is 0 Å². The van der Waals surface area contributed by atoms with Crippen LogP contribution in [0.5, 0.6) is 0 Å². The number of nitrogens with one attached hydrogen (secondary N) is 1. The highest BCUT2D eigenvalue weighted by Crippen LogP contribution is 2.24. The van der Waals surface area contributed by atoms with Gasteiger partial charge < -0.3 is 14.8 Å². The van der Waals surface area contributed by atoms with Gasteiger partial charge in [-0.2, -0.15) is 0 Å². The average molecular weight is 347 g/mol. The highest BCUT2D eigenvalue weighted by molar-refractivity contribution is 7.13. The maximum Gasteiger partial charge on any atom is 0.243 e. The summed E-state index contributed by atoms with van der Waals surface area (Å²) in [7, 11) is 0. The minimum Gasteiger partial charge on any atom is -0.349 e. The van der Waals surface area contributed by atoms with Gasteiger partial charge in [0.25, 0.3) is 0 Å². The van der Waals surface area contributed by atoms with Crippen LogP contribution in [-0.4, -0.2) is 33.5 Å². The second kappa shape index (κ2) is 7.34. The zero-order valence-electron chi connectivity index (χ0n) is 14.5. The molecule has 0 aliphatic carbocycles. The van der Waals surface area contributed by atoms with Crippen molar-refractivity contribution >= 4 is 22.4 Å². The van der Waals surface area contributed by atoms with Crippen LogP contribution in [0.15, 0.2) is 17.8 Å². The molecule has 1 amide bonds. The summed E-state index contributed by atoms with van der Waals surface area (Å²) < 4.78 is 1.94. The van der Waals surface area contributed by atoms with E-state index in [1.807, 2.05) is 23.1 Å². The monoisotopic (exact) mass is 347 g/mol. The van der Waals surface area contributed by atoms with Crippen molar-refractivity contribution in [2.75, 3.05) is 18.0 Å². The normalized spacial score (nSPS) is 15.9. The molecule has 0 bridgehead atoms. The molecule has 1 saturated heterocycles. The molecule has 7 heteroatoms. The van der Waals surface area contributed by atoms with Gasteiger partial charge in [0.1, 0.15) is 11.9 Å². The number of hydrogen-bond acceptors (Lipinski definition) is 5. The number of amides is 1. The fourth-order valence-electron chi connectivity index (χ4n) is 2.98. The number of nitrogens with zero attached hydrogens (tertiary/aromatic N) is 4. The Hall–Kier alpha value is -1.89. The first kappa shape index (κ1) is 17.0. The predicted octanol–water partition coefficient (Wildman–Crippen LogP) is 2.94. The van der Waals surface area contributed by atoms with Crippen LogP contribution in [0.1, 0.15) is 57.1 Å². The highest BCUT2D eigenvalue weighted by atomic mass is 32.1. The Balaban J connectivity index is 1.58. The minimum atomic E-state index is -0.276. The van der Waals surface area contributed by atoms with E-state index in [0.29, 0.717) is 6.54 Å². The van der Waals surface area contributed by atoms with E-state index in [4.69, 9.17) is 0 Å². The first-order valence-electron chi connectivity index (χ1n) is 8.56. The molecule has 2 aromatic heterocycles. The molecule has 0 saturated carbocycles. The molecule has 2 aromatic rings. The van der Waals surface area contributed by atoms with Crippen molar-refractivity contribution in [3.05, 3.63) is 29.3 Å². The van der Waals surface area contributed by atoms with E-state index in [9.17, 15) is 4.79 Å². The van der Waals surface area contributed by atoms with Crippen molar-refractivity contribution in [3.63, 3.8) is 0 Å². The van der Waals surface area contributed by atoms with E-state index >= 15 is 0 Å². The van der Waals surface area contributed by atoms with Gasteiger partial charge in [-0.25, -0.2) is 9.97 Å². The second-order valence-electron chi connectivity index (χ2n) is 6.56. The lowest BCUT2D eigenvalue weighted by molar-refractivity contribution is -0.124. The summed E-state index contributed by atoms with van der Waals surface area (Å²) >= 11 is 1.66. The Bertz CT molecular complexity index is 687. The lowest BCUT2D eigenvalue weighted by atomic mass is 10.2. The maximum atomic E-state index is 12.5. The first-order valence-corrected chi connectivity index (χ1v) is 9.44. The van der Waals surface area contributed by atoms with Gasteiger partial charge in [0.2, 0.25) is 5.91 Å². The van der Waals surface area contributed by atoms with Crippen LogP contribution >= 0.6 is 11.3 Å². The molecule has 130 valence electrons. The largest absolute Gasteiger partial charge is 0.349 e. The van der Waals surface area contributed by atoms with E-state index in [2.05, 4.69) is 34.0 Å². The zero-order chi connectivity index (χ0) is 17.1. The predicted molar refractivity (Wildman–Crippen MR) is 96.4 cm³/mol. The molecule has 1 atom stereocenters. The fourth-order valence-corrected chi connectivity index (χ4v) is 3.86. The third kappa shape index (κ3) is 3.61. The number of carbonyl (C=O) groups is 1. The van der Waals surface area contributed by atoms with Gasteiger partial charge in [0.15, 0.2) is 5.13 Å². The van der Waals surface area contributed by atoms with Crippen molar-refractivity contribution < 1.29 is 4.79 Å². The molecule has 3 heterocycles. The quantitative estimate of drug-likeness (QED) is 0.873. The van der Waals surface area contributed by atoms with Crippen molar-refractivity contribution in [3.8, 4) is 0 Å². The van der Waals surface area contributed by atoms with Crippen molar-refractivity contribution in [1.82, 2.24) is 19.9 Å². The summed E-state index contributed by atoms with van der Waals surface area (Å²) in [5.41, 5.74) is 0.928. The van der Waals surface area contributed by atoms with Crippen LogP contribution in [0.2, 0.25) is 0 Å². The molecule has 0 unspecified atom stereocenters. The number of rotatable bonds is 6. The molecule has 0 spiro atoms. The van der Waals surface area contributed by atoms with Gasteiger partial charge in [-0.05, 0) is 19.8 Å². The number of carbonyl (C=O) groups excluding carboxylic acids is 1. The summed E-state index contributed by atoms with van der Waals surface area (Å²) in [6.07, 6.45) is 6.11. The molecule has 0 aromatic carbocycles. The molecule has 1 aliphatic rings. The number of anilines is 1.